The van der Waals surface area contributed by atoms with Gasteiger partial charge in [-0.05, 0) is 22.8 Å². The van der Waals surface area contributed by atoms with E-state index in [1.54, 1.807) is 13.2 Å². The summed E-state index contributed by atoms with van der Waals surface area (Å²) in [5.41, 5.74) is 3.74. The maximum Gasteiger partial charge on any atom is 0.310 e. The predicted octanol–water partition coefficient (Wildman–Crippen LogP) is 6.72. The molecule has 0 aliphatic rings. The lowest BCUT2D eigenvalue weighted by Crippen LogP contribution is -2.45. The van der Waals surface area contributed by atoms with Crippen LogP contribution in [0.25, 0.3) is 0 Å². The SMILES string of the molecule is C=C[C@@H](OCc1ccccc1)[C@H](OCc1ccccc1)[C@@H](COCc1ccccc1)OC(=O)Cc1ccccc1OC. The Morgan fingerprint density at radius 3 is 1.81 bits per heavy atom. The van der Waals surface area contributed by atoms with Gasteiger partial charge in [0.2, 0.25) is 0 Å². The Balaban J connectivity index is 1.56. The summed E-state index contributed by atoms with van der Waals surface area (Å²) in [4.78, 5) is 13.3. The molecule has 6 nitrogen and oxygen atoms in total. The summed E-state index contributed by atoms with van der Waals surface area (Å²) in [7, 11) is 1.58. The number of ether oxygens (including phenoxy) is 5. The van der Waals surface area contributed by atoms with Crippen LogP contribution in [0, 0.1) is 0 Å². The molecule has 4 aromatic carbocycles. The Morgan fingerprint density at radius 1 is 0.714 bits per heavy atom. The molecular formula is C36H38O6. The van der Waals surface area contributed by atoms with Crippen molar-refractivity contribution in [3.63, 3.8) is 0 Å². The maximum atomic E-state index is 13.3. The Hall–Kier alpha value is -4.23. The Labute approximate surface area is 248 Å². The van der Waals surface area contributed by atoms with Gasteiger partial charge in [-0.25, -0.2) is 0 Å². The van der Waals surface area contributed by atoms with Gasteiger partial charge in [0, 0.05) is 5.56 Å². The molecule has 0 saturated heterocycles. The van der Waals surface area contributed by atoms with E-state index in [1.165, 1.54) is 0 Å². The van der Waals surface area contributed by atoms with Crippen LogP contribution >= 0.6 is 0 Å². The number of carbonyl (C=O) groups excluding carboxylic acids is 1. The lowest BCUT2D eigenvalue weighted by Gasteiger charge is -2.32. The van der Waals surface area contributed by atoms with Crippen molar-refractivity contribution >= 4 is 5.97 Å². The van der Waals surface area contributed by atoms with E-state index in [9.17, 15) is 4.79 Å². The first-order valence-corrected chi connectivity index (χ1v) is 14.0. The van der Waals surface area contributed by atoms with Crippen LogP contribution in [0.15, 0.2) is 128 Å². The molecule has 0 amide bonds. The van der Waals surface area contributed by atoms with Crippen LogP contribution in [0.1, 0.15) is 22.3 Å². The molecule has 0 spiro atoms. The molecule has 0 aliphatic heterocycles. The van der Waals surface area contributed by atoms with Crippen molar-refractivity contribution < 1.29 is 28.5 Å². The van der Waals surface area contributed by atoms with Crippen LogP contribution in [0.3, 0.4) is 0 Å². The van der Waals surface area contributed by atoms with Crippen molar-refractivity contribution in [2.45, 2.75) is 44.6 Å². The molecule has 4 aromatic rings. The second-order valence-electron chi connectivity index (χ2n) is 9.78. The van der Waals surface area contributed by atoms with E-state index in [1.807, 2.05) is 115 Å². The molecule has 0 heterocycles. The van der Waals surface area contributed by atoms with Gasteiger partial charge in [-0.3, -0.25) is 4.79 Å². The summed E-state index contributed by atoms with van der Waals surface area (Å²) in [5, 5.41) is 0. The number of methoxy groups -OCH3 is 1. The third-order valence-corrected chi connectivity index (χ3v) is 6.70. The van der Waals surface area contributed by atoms with Crippen LogP contribution in [-0.4, -0.2) is 38.0 Å². The second kappa shape index (κ2) is 16.9. The fourth-order valence-corrected chi connectivity index (χ4v) is 4.52. The molecular weight excluding hydrogens is 528 g/mol. The third-order valence-electron chi connectivity index (χ3n) is 6.70. The van der Waals surface area contributed by atoms with Gasteiger partial charge in [0.15, 0.2) is 6.10 Å². The molecule has 0 fully saturated rings. The van der Waals surface area contributed by atoms with E-state index in [0.717, 1.165) is 22.3 Å². The van der Waals surface area contributed by atoms with Gasteiger partial charge in [0.05, 0.1) is 40.0 Å². The fourth-order valence-electron chi connectivity index (χ4n) is 4.52. The highest BCUT2D eigenvalue weighted by Crippen LogP contribution is 2.22. The molecule has 0 saturated carbocycles. The predicted molar refractivity (Wildman–Crippen MR) is 163 cm³/mol. The van der Waals surface area contributed by atoms with E-state index in [2.05, 4.69) is 6.58 Å². The van der Waals surface area contributed by atoms with Gasteiger partial charge in [-0.2, -0.15) is 0 Å². The molecule has 0 N–H and O–H groups in total. The third kappa shape index (κ3) is 9.70. The number of esters is 1. The smallest absolute Gasteiger partial charge is 0.310 e. The van der Waals surface area contributed by atoms with Crippen molar-refractivity contribution in [1.29, 1.82) is 0 Å². The summed E-state index contributed by atoms with van der Waals surface area (Å²) in [6, 6.07) is 37.0. The van der Waals surface area contributed by atoms with Gasteiger partial charge >= 0.3 is 5.97 Å². The molecule has 0 aromatic heterocycles. The highest BCUT2D eigenvalue weighted by Gasteiger charge is 2.33. The number of rotatable bonds is 17. The molecule has 0 unspecified atom stereocenters. The zero-order valence-electron chi connectivity index (χ0n) is 24.0. The zero-order valence-corrected chi connectivity index (χ0v) is 24.0. The van der Waals surface area contributed by atoms with Crippen molar-refractivity contribution in [1.82, 2.24) is 0 Å². The van der Waals surface area contributed by atoms with Crippen molar-refractivity contribution in [3.05, 3.63) is 150 Å². The molecule has 3 atom stereocenters. The first-order valence-electron chi connectivity index (χ1n) is 14.0. The minimum atomic E-state index is -0.779. The minimum absolute atomic E-state index is 0.0359. The van der Waals surface area contributed by atoms with E-state index in [4.69, 9.17) is 23.7 Å². The zero-order chi connectivity index (χ0) is 29.4. The molecule has 4 rings (SSSR count). The Bertz CT molecular complexity index is 1340. The van der Waals surface area contributed by atoms with Gasteiger partial charge in [-0.1, -0.05) is 115 Å². The topological polar surface area (TPSA) is 63.2 Å². The molecule has 42 heavy (non-hydrogen) atoms. The lowest BCUT2D eigenvalue weighted by atomic mass is 10.1. The van der Waals surface area contributed by atoms with Crippen molar-refractivity contribution in [2.24, 2.45) is 0 Å². The highest BCUT2D eigenvalue weighted by atomic mass is 16.6. The minimum Gasteiger partial charge on any atom is -0.496 e. The van der Waals surface area contributed by atoms with E-state index < -0.39 is 24.3 Å². The first kappa shape index (κ1) is 30.7. The number of hydrogen-bond donors (Lipinski definition) is 0. The van der Waals surface area contributed by atoms with Gasteiger partial charge in [0.1, 0.15) is 18.0 Å². The average Bonchev–Trinajstić information content (AvgIpc) is 3.04. The molecule has 6 heteroatoms. The Kier molecular flexibility index (Phi) is 12.4. The van der Waals surface area contributed by atoms with Gasteiger partial charge in [-0.15, -0.1) is 6.58 Å². The van der Waals surface area contributed by atoms with Crippen LogP contribution in [0.4, 0.5) is 0 Å². The lowest BCUT2D eigenvalue weighted by molar-refractivity contribution is -0.176. The number of hydrogen-bond acceptors (Lipinski definition) is 6. The average molecular weight is 567 g/mol. The summed E-state index contributed by atoms with van der Waals surface area (Å²) < 4.78 is 30.4. The van der Waals surface area contributed by atoms with E-state index in [0.29, 0.717) is 25.6 Å². The monoisotopic (exact) mass is 566 g/mol. The molecule has 0 aliphatic carbocycles. The normalized spacial score (nSPS) is 13.1. The number of benzene rings is 4. The van der Waals surface area contributed by atoms with Gasteiger partial charge < -0.3 is 23.7 Å². The summed E-state index contributed by atoms with van der Waals surface area (Å²) in [6.45, 7) is 5.12. The van der Waals surface area contributed by atoms with Crippen LogP contribution in [0.5, 0.6) is 5.75 Å². The fraction of sp³-hybridized carbons (Fsp3) is 0.250. The molecule has 0 bridgehead atoms. The number of para-hydroxylation sites is 1. The summed E-state index contributed by atoms with van der Waals surface area (Å²) in [6.07, 6.45) is -0.328. The summed E-state index contributed by atoms with van der Waals surface area (Å²) in [5.74, 6) is 0.199. The number of carbonyl (C=O) groups is 1. The second-order valence-corrected chi connectivity index (χ2v) is 9.78. The van der Waals surface area contributed by atoms with E-state index in [-0.39, 0.29) is 13.0 Å². The molecule has 0 radical (unpaired) electrons. The molecule has 218 valence electrons. The highest BCUT2D eigenvalue weighted by molar-refractivity contribution is 5.73. The van der Waals surface area contributed by atoms with E-state index >= 15 is 0 Å². The van der Waals surface area contributed by atoms with Crippen LogP contribution in [-0.2, 0) is 50.0 Å². The van der Waals surface area contributed by atoms with Crippen molar-refractivity contribution in [3.8, 4) is 5.75 Å². The maximum absolute atomic E-state index is 13.3. The van der Waals surface area contributed by atoms with Crippen LogP contribution < -0.4 is 4.74 Å². The first-order chi connectivity index (χ1) is 20.7. The largest absolute Gasteiger partial charge is 0.496 e. The van der Waals surface area contributed by atoms with Crippen LogP contribution in [0.2, 0.25) is 0 Å². The standard InChI is InChI=1S/C36H38O6/c1-3-32(40-25-29-17-9-5-10-18-29)36(41-26-30-19-11-6-12-20-30)34(27-39-24-28-15-7-4-8-16-28)42-35(37)23-31-21-13-14-22-33(31)38-2/h3-22,32,34,36H,1,23-27H2,2H3/t32-,34-,36+/m1/s1. The quantitative estimate of drug-likeness (QED) is 0.104. The van der Waals surface area contributed by atoms with Gasteiger partial charge in [0.25, 0.3) is 0 Å². The van der Waals surface area contributed by atoms with Crippen molar-refractivity contribution in [2.75, 3.05) is 13.7 Å². The Morgan fingerprint density at radius 2 is 1.24 bits per heavy atom. The summed E-state index contributed by atoms with van der Waals surface area (Å²) >= 11 is 0.